The molecule has 0 radical (unpaired) electrons. The fourth-order valence-corrected chi connectivity index (χ4v) is 4.09. The summed E-state index contributed by atoms with van der Waals surface area (Å²) in [5.41, 5.74) is 2.62. The van der Waals surface area contributed by atoms with Crippen molar-refractivity contribution in [3.8, 4) is 11.3 Å². The summed E-state index contributed by atoms with van der Waals surface area (Å²) in [5.74, 6) is -1.15. The summed E-state index contributed by atoms with van der Waals surface area (Å²) in [5, 5.41) is 3.25. The summed E-state index contributed by atoms with van der Waals surface area (Å²) in [7, 11) is 1.42. The third kappa shape index (κ3) is 3.14. The molecule has 0 fully saturated rings. The van der Waals surface area contributed by atoms with Crippen molar-refractivity contribution in [2.45, 2.75) is 6.92 Å². The van der Waals surface area contributed by atoms with E-state index in [-0.39, 0.29) is 17.4 Å². The van der Waals surface area contributed by atoms with E-state index in [9.17, 15) is 14.4 Å². The monoisotopic (exact) mass is 455 g/mol. The molecule has 0 saturated heterocycles. The highest BCUT2D eigenvalue weighted by Crippen LogP contribution is 2.31. The lowest BCUT2D eigenvalue weighted by molar-refractivity contribution is 0.0693. The van der Waals surface area contributed by atoms with Crippen molar-refractivity contribution < 1.29 is 14.4 Å². The molecule has 0 spiro atoms. The Balaban J connectivity index is 1.58. The molecule has 3 amide bonds. The zero-order valence-corrected chi connectivity index (χ0v) is 17.3. The van der Waals surface area contributed by atoms with Gasteiger partial charge in [-0.15, -0.1) is 11.3 Å². The minimum Gasteiger partial charge on any atom is -0.298 e. The van der Waals surface area contributed by atoms with Crippen LogP contribution in [-0.2, 0) is 0 Å². The molecule has 1 aromatic heterocycles. The minimum absolute atomic E-state index is 0.242. The smallest absolute Gasteiger partial charge is 0.261 e. The van der Waals surface area contributed by atoms with Crippen molar-refractivity contribution in [1.29, 1.82) is 0 Å². The fraction of sp³-hybridized carbons (Fsp3) is 0.100. The quantitative estimate of drug-likeness (QED) is 0.594. The molecule has 2 aromatic carbocycles. The van der Waals surface area contributed by atoms with Gasteiger partial charge in [-0.25, -0.2) is 4.98 Å². The highest BCUT2D eigenvalue weighted by molar-refractivity contribution is 9.10. The number of imide groups is 1. The summed E-state index contributed by atoms with van der Waals surface area (Å²) in [4.78, 5) is 43.3. The Morgan fingerprint density at radius 3 is 2.46 bits per heavy atom. The van der Waals surface area contributed by atoms with Crippen LogP contribution in [0.25, 0.3) is 11.3 Å². The molecule has 0 bridgehead atoms. The Bertz CT molecular complexity index is 1140. The first kappa shape index (κ1) is 18.5. The van der Waals surface area contributed by atoms with Gasteiger partial charge >= 0.3 is 0 Å². The number of aryl methyl sites for hydroxylation is 1. The van der Waals surface area contributed by atoms with Gasteiger partial charge in [0, 0.05) is 27.5 Å². The molecule has 3 aromatic rings. The summed E-state index contributed by atoms with van der Waals surface area (Å²) < 4.78 is 0.980. The normalized spacial score (nSPS) is 13.0. The van der Waals surface area contributed by atoms with Gasteiger partial charge in [0.05, 0.1) is 16.8 Å². The SMILES string of the molecule is Cc1sc(NC(=O)c2ccc3c(c2)C(=O)N(C)C3=O)nc1-c1ccc(Br)cc1. The number of carbonyl (C=O) groups is 3. The molecule has 0 unspecified atom stereocenters. The van der Waals surface area contributed by atoms with E-state index in [4.69, 9.17) is 0 Å². The van der Waals surface area contributed by atoms with Crippen LogP contribution in [0, 0.1) is 6.92 Å². The van der Waals surface area contributed by atoms with Gasteiger partial charge in [0.1, 0.15) is 0 Å². The number of thiazole rings is 1. The van der Waals surface area contributed by atoms with E-state index in [0.717, 1.165) is 25.5 Å². The van der Waals surface area contributed by atoms with Gasteiger partial charge in [-0.2, -0.15) is 0 Å². The Morgan fingerprint density at radius 1 is 1.07 bits per heavy atom. The lowest BCUT2D eigenvalue weighted by Gasteiger charge is -2.03. The molecule has 2 heterocycles. The van der Waals surface area contributed by atoms with Gasteiger partial charge in [0.25, 0.3) is 17.7 Å². The lowest BCUT2D eigenvalue weighted by Crippen LogP contribution is -2.24. The second kappa shape index (κ2) is 6.96. The van der Waals surface area contributed by atoms with E-state index in [1.54, 1.807) is 0 Å². The highest BCUT2D eigenvalue weighted by Gasteiger charge is 2.33. The van der Waals surface area contributed by atoms with Crippen LogP contribution < -0.4 is 5.32 Å². The third-order valence-electron chi connectivity index (χ3n) is 4.49. The van der Waals surface area contributed by atoms with Gasteiger partial charge in [0.15, 0.2) is 5.13 Å². The molecule has 6 nitrogen and oxygen atoms in total. The number of carbonyl (C=O) groups excluding carboxylic acids is 3. The molecular weight excluding hydrogens is 442 g/mol. The number of benzene rings is 2. The molecule has 28 heavy (non-hydrogen) atoms. The molecule has 0 atom stereocenters. The number of aromatic nitrogens is 1. The third-order valence-corrected chi connectivity index (χ3v) is 5.90. The molecule has 1 aliphatic rings. The van der Waals surface area contributed by atoms with Gasteiger partial charge in [-0.1, -0.05) is 28.1 Å². The molecule has 0 saturated carbocycles. The topological polar surface area (TPSA) is 79.4 Å². The van der Waals surface area contributed by atoms with Crippen molar-refractivity contribution in [2.24, 2.45) is 0 Å². The first-order valence-corrected chi connectivity index (χ1v) is 9.97. The molecule has 0 aliphatic carbocycles. The Hall–Kier alpha value is -2.84. The van der Waals surface area contributed by atoms with E-state index in [2.05, 4.69) is 26.2 Å². The first-order valence-electron chi connectivity index (χ1n) is 8.36. The zero-order valence-electron chi connectivity index (χ0n) is 14.9. The van der Waals surface area contributed by atoms with Crippen LogP contribution in [0.1, 0.15) is 36.0 Å². The number of hydrogen-bond acceptors (Lipinski definition) is 5. The lowest BCUT2D eigenvalue weighted by atomic mass is 10.1. The van der Waals surface area contributed by atoms with E-state index in [0.29, 0.717) is 16.3 Å². The number of nitrogens with zero attached hydrogens (tertiary/aromatic N) is 2. The van der Waals surface area contributed by atoms with Crippen LogP contribution in [0.15, 0.2) is 46.9 Å². The Kier molecular flexibility index (Phi) is 4.60. The average Bonchev–Trinajstić information content (AvgIpc) is 3.15. The van der Waals surface area contributed by atoms with Gasteiger partial charge in [-0.3, -0.25) is 24.6 Å². The van der Waals surface area contributed by atoms with Crippen LogP contribution >= 0.6 is 27.3 Å². The van der Waals surface area contributed by atoms with Gasteiger partial charge in [-0.05, 0) is 37.3 Å². The second-order valence-corrected chi connectivity index (χ2v) is 8.43. The van der Waals surface area contributed by atoms with Gasteiger partial charge in [0.2, 0.25) is 0 Å². The average molecular weight is 456 g/mol. The van der Waals surface area contributed by atoms with Crippen LogP contribution in [0.3, 0.4) is 0 Å². The highest BCUT2D eigenvalue weighted by atomic mass is 79.9. The van der Waals surface area contributed by atoms with E-state index in [1.807, 2.05) is 31.2 Å². The zero-order chi connectivity index (χ0) is 20.0. The predicted molar refractivity (Wildman–Crippen MR) is 111 cm³/mol. The number of amides is 3. The van der Waals surface area contributed by atoms with Crippen LogP contribution in [-0.4, -0.2) is 34.7 Å². The maximum Gasteiger partial charge on any atom is 0.261 e. The van der Waals surface area contributed by atoms with Crippen molar-refractivity contribution in [2.75, 3.05) is 12.4 Å². The van der Waals surface area contributed by atoms with Crippen molar-refractivity contribution in [1.82, 2.24) is 9.88 Å². The van der Waals surface area contributed by atoms with Crippen molar-refractivity contribution >= 4 is 50.1 Å². The van der Waals surface area contributed by atoms with Crippen LogP contribution in [0.2, 0.25) is 0 Å². The van der Waals surface area contributed by atoms with Crippen molar-refractivity contribution in [3.63, 3.8) is 0 Å². The van der Waals surface area contributed by atoms with E-state index < -0.39 is 5.91 Å². The number of fused-ring (bicyclic) bond motifs is 1. The molecule has 140 valence electrons. The fourth-order valence-electron chi connectivity index (χ4n) is 3.00. The second-order valence-electron chi connectivity index (χ2n) is 6.31. The van der Waals surface area contributed by atoms with E-state index in [1.165, 1.54) is 36.6 Å². The molecule has 1 aliphatic heterocycles. The minimum atomic E-state index is -0.405. The predicted octanol–water partition coefficient (Wildman–Crippen LogP) is 4.36. The van der Waals surface area contributed by atoms with Crippen molar-refractivity contribution in [3.05, 3.63) is 68.5 Å². The standard InChI is InChI=1S/C20H14BrN3O3S/c1-10-16(11-3-6-13(21)7-4-11)22-20(28-10)23-17(25)12-5-8-14-15(9-12)19(27)24(2)18(14)26/h3-9H,1-2H3,(H,22,23,25). The summed E-state index contributed by atoms with van der Waals surface area (Å²) in [6.45, 7) is 1.94. The maximum absolute atomic E-state index is 12.6. The van der Waals surface area contributed by atoms with Gasteiger partial charge < -0.3 is 0 Å². The number of rotatable bonds is 3. The Labute approximate surface area is 173 Å². The maximum atomic E-state index is 12.6. The summed E-state index contributed by atoms with van der Waals surface area (Å²) in [6, 6.07) is 12.3. The van der Waals surface area contributed by atoms with Crippen LogP contribution in [0.4, 0.5) is 5.13 Å². The Morgan fingerprint density at radius 2 is 1.75 bits per heavy atom. The van der Waals surface area contributed by atoms with E-state index >= 15 is 0 Å². The summed E-state index contributed by atoms with van der Waals surface area (Å²) >= 11 is 4.79. The number of anilines is 1. The molecule has 1 N–H and O–H groups in total. The number of nitrogens with one attached hydrogen (secondary N) is 1. The first-order chi connectivity index (χ1) is 13.3. The number of hydrogen-bond donors (Lipinski definition) is 1. The largest absolute Gasteiger partial charge is 0.298 e. The molecule has 4 rings (SSSR count). The summed E-state index contributed by atoms with van der Waals surface area (Å²) in [6.07, 6.45) is 0. The molecular formula is C20H14BrN3O3S. The van der Waals surface area contributed by atoms with Crippen LogP contribution in [0.5, 0.6) is 0 Å². The molecule has 8 heteroatoms. The number of halogens is 1.